The van der Waals surface area contributed by atoms with Crippen LogP contribution in [0.4, 0.5) is 0 Å². The third kappa shape index (κ3) is 5.59. The van der Waals surface area contributed by atoms with Crippen molar-refractivity contribution in [1.29, 1.82) is 0 Å². The maximum atomic E-state index is 11.5. The van der Waals surface area contributed by atoms with E-state index in [-0.39, 0.29) is 0 Å². The molecule has 0 aromatic heterocycles. The van der Waals surface area contributed by atoms with Gasteiger partial charge in [0.05, 0.1) is 5.56 Å². The quantitative estimate of drug-likeness (QED) is 0.457. The van der Waals surface area contributed by atoms with E-state index in [1.807, 2.05) is 12.1 Å². The lowest BCUT2D eigenvalue weighted by molar-refractivity contribution is 0.0697. The fourth-order valence-electron chi connectivity index (χ4n) is 3.61. The molecule has 2 aromatic carbocycles. The minimum atomic E-state index is -0.829. The molecule has 0 bridgehead atoms. The average Bonchev–Trinajstić information content (AvgIpc) is 2.62. The highest BCUT2D eigenvalue weighted by Gasteiger charge is 2.12. The van der Waals surface area contributed by atoms with E-state index in [0.717, 1.165) is 24.6 Å². The second-order valence-electron chi connectivity index (χ2n) is 7.08. The topological polar surface area (TPSA) is 37.3 Å². The largest absolute Gasteiger partial charge is 0.478 e. The lowest BCUT2D eigenvalue weighted by atomic mass is 9.91. The van der Waals surface area contributed by atoms with Crippen molar-refractivity contribution in [3.05, 3.63) is 47.0 Å². The molecule has 0 saturated heterocycles. The Morgan fingerprint density at radius 2 is 1.48 bits per heavy atom. The van der Waals surface area contributed by atoms with Crippen LogP contribution in [0.15, 0.2) is 30.3 Å². The normalized spacial score (nSPS) is 11.1. The van der Waals surface area contributed by atoms with Gasteiger partial charge in [-0.05, 0) is 59.7 Å². The number of aryl methyl sites for hydroxylation is 2. The third-order valence-electron chi connectivity index (χ3n) is 4.99. The van der Waals surface area contributed by atoms with Gasteiger partial charge in [0.1, 0.15) is 0 Å². The first kappa shape index (κ1) is 19.5. The van der Waals surface area contributed by atoms with Gasteiger partial charge in [-0.3, -0.25) is 0 Å². The summed E-state index contributed by atoms with van der Waals surface area (Å²) < 4.78 is 0. The lowest BCUT2D eigenvalue weighted by Gasteiger charge is -2.13. The fraction of sp³-hybridized carbons (Fsp3) is 0.522. The molecule has 0 amide bonds. The van der Waals surface area contributed by atoms with E-state index in [0.29, 0.717) is 5.56 Å². The standard InChI is InChI=1S/C23H32O2/c1-3-5-7-9-12-18-14-11-15-20-17-21(23(24)25)16-19(22(18)20)13-10-8-6-4-2/h11,14-17H,3-10,12-13H2,1-2H3,(H,24,25). The third-order valence-corrected chi connectivity index (χ3v) is 4.99. The number of rotatable bonds is 11. The summed E-state index contributed by atoms with van der Waals surface area (Å²) in [6, 6.07) is 10.1. The maximum absolute atomic E-state index is 11.5. The minimum Gasteiger partial charge on any atom is -0.478 e. The second-order valence-corrected chi connectivity index (χ2v) is 7.08. The first-order chi connectivity index (χ1) is 12.2. The van der Waals surface area contributed by atoms with Crippen LogP contribution >= 0.6 is 0 Å². The summed E-state index contributed by atoms with van der Waals surface area (Å²) in [5.74, 6) is -0.829. The van der Waals surface area contributed by atoms with Gasteiger partial charge in [-0.1, -0.05) is 70.6 Å². The van der Waals surface area contributed by atoms with Crippen LogP contribution in [-0.4, -0.2) is 11.1 Å². The Morgan fingerprint density at radius 3 is 2.08 bits per heavy atom. The van der Waals surface area contributed by atoms with Crippen molar-refractivity contribution >= 4 is 16.7 Å². The van der Waals surface area contributed by atoms with Gasteiger partial charge in [0.2, 0.25) is 0 Å². The Morgan fingerprint density at radius 1 is 0.840 bits per heavy atom. The Hall–Kier alpha value is -1.83. The zero-order valence-corrected chi connectivity index (χ0v) is 15.8. The van der Waals surface area contributed by atoms with Crippen molar-refractivity contribution in [2.24, 2.45) is 0 Å². The van der Waals surface area contributed by atoms with E-state index >= 15 is 0 Å². The number of hydrogen-bond donors (Lipinski definition) is 1. The van der Waals surface area contributed by atoms with Gasteiger partial charge in [0.15, 0.2) is 0 Å². The van der Waals surface area contributed by atoms with Crippen molar-refractivity contribution in [2.75, 3.05) is 0 Å². The monoisotopic (exact) mass is 340 g/mol. The molecule has 0 radical (unpaired) electrons. The molecule has 0 unspecified atom stereocenters. The van der Waals surface area contributed by atoms with Crippen LogP contribution in [0.5, 0.6) is 0 Å². The number of carbonyl (C=O) groups is 1. The molecule has 1 N–H and O–H groups in total. The number of fused-ring (bicyclic) bond motifs is 1. The van der Waals surface area contributed by atoms with Crippen LogP contribution in [0.25, 0.3) is 10.8 Å². The number of unbranched alkanes of at least 4 members (excludes halogenated alkanes) is 6. The van der Waals surface area contributed by atoms with Crippen LogP contribution in [0.3, 0.4) is 0 Å². The zero-order chi connectivity index (χ0) is 18.1. The molecule has 25 heavy (non-hydrogen) atoms. The molecule has 0 fully saturated rings. The van der Waals surface area contributed by atoms with Crippen molar-refractivity contribution in [1.82, 2.24) is 0 Å². The molecule has 2 rings (SSSR count). The molecule has 2 aromatic rings. The van der Waals surface area contributed by atoms with E-state index < -0.39 is 5.97 Å². The van der Waals surface area contributed by atoms with E-state index in [9.17, 15) is 9.90 Å². The van der Waals surface area contributed by atoms with Gasteiger partial charge >= 0.3 is 5.97 Å². The number of aromatic carboxylic acids is 1. The highest BCUT2D eigenvalue weighted by atomic mass is 16.4. The molecule has 2 heteroatoms. The Balaban J connectivity index is 2.32. The Bertz CT molecular complexity index is 688. The number of carboxylic acids is 1. The molecule has 0 aliphatic rings. The predicted octanol–water partition coefficient (Wildman–Crippen LogP) is 6.78. The van der Waals surface area contributed by atoms with E-state index in [2.05, 4.69) is 32.0 Å². The van der Waals surface area contributed by atoms with Gasteiger partial charge in [0, 0.05) is 0 Å². The number of benzene rings is 2. The number of hydrogen-bond acceptors (Lipinski definition) is 1. The first-order valence-electron chi connectivity index (χ1n) is 9.95. The van der Waals surface area contributed by atoms with Crippen LogP contribution in [0, 0.1) is 0 Å². The van der Waals surface area contributed by atoms with Crippen LogP contribution in [-0.2, 0) is 12.8 Å². The van der Waals surface area contributed by atoms with Crippen molar-refractivity contribution in [2.45, 2.75) is 78.1 Å². The van der Waals surface area contributed by atoms with Crippen LogP contribution in [0.2, 0.25) is 0 Å². The van der Waals surface area contributed by atoms with Crippen molar-refractivity contribution < 1.29 is 9.90 Å². The first-order valence-corrected chi connectivity index (χ1v) is 9.95. The molecule has 0 aliphatic carbocycles. The summed E-state index contributed by atoms with van der Waals surface area (Å²) in [5.41, 5.74) is 3.02. The summed E-state index contributed by atoms with van der Waals surface area (Å²) in [6.07, 6.45) is 11.9. The molecule has 0 spiro atoms. The highest BCUT2D eigenvalue weighted by molar-refractivity contribution is 5.97. The summed E-state index contributed by atoms with van der Waals surface area (Å²) in [6.45, 7) is 4.45. The lowest BCUT2D eigenvalue weighted by Crippen LogP contribution is -2.01. The maximum Gasteiger partial charge on any atom is 0.335 e. The average molecular weight is 341 g/mol. The molecular formula is C23H32O2. The summed E-state index contributed by atoms with van der Waals surface area (Å²) >= 11 is 0. The van der Waals surface area contributed by atoms with Crippen LogP contribution < -0.4 is 0 Å². The van der Waals surface area contributed by atoms with E-state index in [1.165, 1.54) is 61.5 Å². The minimum absolute atomic E-state index is 0.418. The Kier molecular flexibility index (Phi) is 7.97. The van der Waals surface area contributed by atoms with Crippen molar-refractivity contribution in [3.8, 4) is 0 Å². The van der Waals surface area contributed by atoms with Gasteiger partial charge in [-0.15, -0.1) is 0 Å². The molecule has 0 aliphatic heterocycles. The smallest absolute Gasteiger partial charge is 0.335 e. The summed E-state index contributed by atoms with van der Waals surface area (Å²) in [5, 5.41) is 11.8. The summed E-state index contributed by atoms with van der Waals surface area (Å²) in [7, 11) is 0. The van der Waals surface area contributed by atoms with E-state index in [4.69, 9.17) is 0 Å². The predicted molar refractivity (Wildman–Crippen MR) is 107 cm³/mol. The molecule has 2 nitrogen and oxygen atoms in total. The molecule has 136 valence electrons. The molecule has 0 saturated carbocycles. The van der Waals surface area contributed by atoms with Crippen LogP contribution in [0.1, 0.15) is 86.7 Å². The molecule has 0 heterocycles. The molecule has 0 atom stereocenters. The van der Waals surface area contributed by atoms with Gasteiger partial charge in [-0.2, -0.15) is 0 Å². The SMILES string of the molecule is CCCCCCc1cccc2cc(C(=O)O)cc(CCCCCC)c12. The van der Waals surface area contributed by atoms with Gasteiger partial charge in [0.25, 0.3) is 0 Å². The highest BCUT2D eigenvalue weighted by Crippen LogP contribution is 2.28. The van der Waals surface area contributed by atoms with Gasteiger partial charge < -0.3 is 5.11 Å². The summed E-state index contributed by atoms with van der Waals surface area (Å²) in [4.78, 5) is 11.5. The second kappa shape index (κ2) is 10.2. The van der Waals surface area contributed by atoms with Crippen molar-refractivity contribution in [3.63, 3.8) is 0 Å². The van der Waals surface area contributed by atoms with E-state index in [1.54, 1.807) is 0 Å². The Labute approximate surface area is 152 Å². The molecular weight excluding hydrogens is 308 g/mol. The zero-order valence-electron chi connectivity index (χ0n) is 15.8. The fourth-order valence-corrected chi connectivity index (χ4v) is 3.61. The van der Waals surface area contributed by atoms with Gasteiger partial charge in [-0.25, -0.2) is 4.79 Å². The number of carboxylic acid groups (broad SMARTS) is 1.